The summed E-state index contributed by atoms with van der Waals surface area (Å²) in [6.07, 6.45) is 7.54. The van der Waals surface area contributed by atoms with Gasteiger partial charge in [-0.2, -0.15) is 0 Å². The highest BCUT2D eigenvalue weighted by Gasteiger charge is 2.38. The summed E-state index contributed by atoms with van der Waals surface area (Å²) in [5, 5.41) is 0. The van der Waals surface area contributed by atoms with Crippen molar-refractivity contribution in [1.29, 1.82) is 0 Å². The van der Waals surface area contributed by atoms with E-state index >= 15 is 0 Å². The second-order valence-corrected chi connectivity index (χ2v) is 7.58. The van der Waals surface area contributed by atoms with Gasteiger partial charge >= 0.3 is 0 Å². The number of hydrazine groups is 1. The Morgan fingerprint density at radius 1 is 1.16 bits per heavy atom. The summed E-state index contributed by atoms with van der Waals surface area (Å²) in [4.78, 5) is 2.65. The highest BCUT2D eigenvalue weighted by atomic mass is 15.3. The molecule has 0 amide bonds. The van der Waals surface area contributed by atoms with Crippen LogP contribution in [0.1, 0.15) is 73.1 Å². The van der Waals surface area contributed by atoms with Crippen LogP contribution < -0.4 is 11.3 Å². The first-order valence-electron chi connectivity index (χ1n) is 8.04. The molecule has 0 aromatic carbocycles. The first kappa shape index (κ1) is 16.9. The van der Waals surface area contributed by atoms with Gasteiger partial charge in [-0.15, -0.1) is 0 Å². The Hall–Kier alpha value is -0.120. The molecule has 114 valence electrons. The van der Waals surface area contributed by atoms with Crippen molar-refractivity contribution in [2.45, 2.75) is 84.7 Å². The fourth-order valence-electron chi connectivity index (χ4n) is 3.33. The van der Waals surface area contributed by atoms with Crippen molar-refractivity contribution < 1.29 is 0 Å². The third kappa shape index (κ3) is 4.73. The molecule has 19 heavy (non-hydrogen) atoms. The average molecular weight is 269 g/mol. The summed E-state index contributed by atoms with van der Waals surface area (Å²) in [5.74, 6) is 5.88. The lowest BCUT2D eigenvalue weighted by molar-refractivity contribution is 0.0779. The third-order valence-corrected chi connectivity index (χ3v) is 4.92. The zero-order valence-electron chi connectivity index (χ0n) is 13.8. The second kappa shape index (κ2) is 7.05. The van der Waals surface area contributed by atoms with Gasteiger partial charge in [-0.25, -0.2) is 0 Å². The van der Waals surface area contributed by atoms with Crippen molar-refractivity contribution in [2.24, 2.45) is 11.3 Å². The summed E-state index contributed by atoms with van der Waals surface area (Å²) in [6, 6.07) is 0.401. The van der Waals surface area contributed by atoms with Crippen LogP contribution in [0.2, 0.25) is 0 Å². The minimum Gasteiger partial charge on any atom is -0.296 e. The Bertz CT molecular complexity index is 253. The first-order chi connectivity index (χ1) is 8.83. The van der Waals surface area contributed by atoms with Gasteiger partial charge in [-0.05, 0) is 57.5 Å². The Labute approximate surface area is 120 Å². The topological polar surface area (TPSA) is 41.3 Å². The molecule has 0 bridgehead atoms. The van der Waals surface area contributed by atoms with E-state index in [0.29, 0.717) is 11.5 Å². The number of nitrogens with one attached hydrogen (secondary N) is 1. The van der Waals surface area contributed by atoms with Crippen LogP contribution in [0, 0.1) is 5.41 Å². The van der Waals surface area contributed by atoms with E-state index in [1.165, 1.54) is 45.2 Å². The van der Waals surface area contributed by atoms with Crippen LogP contribution in [0.15, 0.2) is 0 Å². The van der Waals surface area contributed by atoms with Gasteiger partial charge in [0.1, 0.15) is 0 Å². The van der Waals surface area contributed by atoms with E-state index in [1.54, 1.807) is 0 Å². The molecule has 1 fully saturated rings. The predicted octanol–water partition coefficient (Wildman–Crippen LogP) is 3.30. The number of likely N-dealkylation sites (tertiary alicyclic amines) is 1. The summed E-state index contributed by atoms with van der Waals surface area (Å²) in [7, 11) is 0. The Balaban J connectivity index is 2.59. The summed E-state index contributed by atoms with van der Waals surface area (Å²) >= 11 is 0. The molecule has 0 saturated carbocycles. The molecule has 3 N–H and O–H groups in total. The standard InChI is InChI=1S/C16H35N3/c1-6-16(5,19-12-7-8-13-19)14(18-17)10-9-11-15(2,3)4/h14,18H,6-13,17H2,1-5H3. The molecule has 2 atom stereocenters. The van der Waals surface area contributed by atoms with Crippen LogP contribution in [0.3, 0.4) is 0 Å². The number of nitrogens with zero attached hydrogens (tertiary/aromatic N) is 1. The van der Waals surface area contributed by atoms with Gasteiger partial charge in [0.2, 0.25) is 0 Å². The van der Waals surface area contributed by atoms with Crippen LogP contribution in [-0.2, 0) is 0 Å². The molecule has 1 aliphatic rings. The fourth-order valence-corrected chi connectivity index (χ4v) is 3.33. The van der Waals surface area contributed by atoms with Crippen LogP contribution in [0.5, 0.6) is 0 Å². The molecular formula is C16H35N3. The summed E-state index contributed by atoms with van der Waals surface area (Å²) in [5.41, 5.74) is 3.75. The third-order valence-electron chi connectivity index (χ3n) is 4.92. The molecule has 1 aliphatic heterocycles. The van der Waals surface area contributed by atoms with Crippen molar-refractivity contribution >= 4 is 0 Å². The number of rotatable bonds is 7. The molecule has 1 heterocycles. The molecule has 3 heteroatoms. The van der Waals surface area contributed by atoms with E-state index in [1.807, 2.05) is 0 Å². The maximum Gasteiger partial charge on any atom is 0.0392 e. The van der Waals surface area contributed by atoms with E-state index in [0.717, 1.165) is 6.42 Å². The molecule has 0 radical (unpaired) electrons. The molecule has 1 saturated heterocycles. The molecule has 0 aromatic heterocycles. The first-order valence-corrected chi connectivity index (χ1v) is 8.04. The normalized spacial score (nSPS) is 22.4. The number of hydrogen-bond acceptors (Lipinski definition) is 3. The molecule has 0 spiro atoms. The van der Waals surface area contributed by atoms with E-state index in [9.17, 15) is 0 Å². The molecular weight excluding hydrogens is 234 g/mol. The van der Waals surface area contributed by atoms with Crippen LogP contribution in [0.25, 0.3) is 0 Å². The van der Waals surface area contributed by atoms with Crippen LogP contribution in [-0.4, -0.2) is 29.6 Å². The highest BCUT2D eigenvalue weighted by molar-refractivity contribution is 4.97. The molecule has 0 aliphatic carbocycles. The van der Waals surface area contributed by atoms with Gasteiger partial charge in [0.15, 0.2) is 0 Å². The quantitative estimate of drug-likeness (QED) is 0.550. The zero-order chi connectivity index (χ0) is 14.5. The maximum atomic E-state index is 5.88. The molecule has 0 aromatic rings. The van der Waals surface area contributed by atoms with Crippen molar-refractivity contribution in [3.63, 3.8) is 0 Å². The van der Waals surface area contributed by atoms with Gasteiger partial charge < -0.3 is 0 Å². The monoisotopic (exact) mass is 269 g/mol. The molecule has 3 nitrogen and oxygen atoms in total. The van der Waals surface area contributed by atoms with Crippen LogP contribution in [0.4, 0.5) is 0 Å². The van der Waals surface area contributed by atoms with E-state index in [4.69, 9.17) is 5.84 Å². The smallest absolute Gasteiger partial charge is 0.0392 e. The minimum absolute atomic E-state index is 0.211. The Kier molecular flexibility index (Phi) is 6.28. The van der Waals surface area contributed by atoms with Crippen molar-refractivity contribution in [3.05, 3.63) is 0 Å². The predicted molar refractivity (Wildman–Crippen MR) is 83.9 cm³/mol. The minimum atomic E-state index is 0.211. The summed E-state index contributed by atoms with van der Waals surface area (Å²) in [6.45, 7) is 14.1. The van der Waals surface area contributed by atoms with Gasteiger partial charge in [0, 0.05) is 11.6 Å². The maximum absolute atomic E-state index is 5.88. The Morgan fingerprint density at radius 3 is 2.16 bits per heavy atom. The fraction of sp³-hybridized carbons (Fsp3) is 1.00. The Morgan fingerprint density at radius 2 is 1.74 bits per heavy atom. The lowest BCUT2D eigenvalue weighted by Crippen LogP contribution is -2.60. The van der Waals surface area contributed by atoms with Gasteiger partial charge in [0.25, 0.3) is 0 Å². The van der Waals surface area contributed by atoms with Crippen molar-refractivity contribution in [1.82, 2.24) is 10.3 Å². The molecule has 1 rings (SSSR count). The van der Waals surface area contributed by atoms with E-state index in [2.05, 4.69) is 44.9 Å². The highest BCUT2D eigenvalue weighted by Crippen LogP contribution is 2.31. The average Bonchev–Trinajstić information content (AvgIpc) is 2.86. The number of hydrogen-bond donors (Lipinski definition) is 2. The zero-order valence-corrected chi connectivity index (χ0v) is 13.8. The van der Waals surface area contributed by atoms with Gasteiger partial charge in [-0.3, -0.25) is 16.2 Å². The lowest BCUT2D eigenvalue weighted by Gasteiger charge is -2.44. The summed E-state index contributed by atoms with van der Waals surface area (Å²) < 4.78 is 0. The van der Waals surface area contributed by atoms with E-state index < -0.39 is 0 Å². The lowest BCUT2D eigenvalue weighted by atomic mass is 9.82. The van der Waals surface area contributed by atoms with Crippen molar-refractivity contribution in [3.8, 4) is 0 Å². The van der Waals surface area contributed by atoms with E-state index in [-0.39, 0.29) is 5.54 Å². The largest absolute Gasteiger partial charge is 0.296 e. The van der Waals surface area contributed by atoms with Gasteiger partial charge in [0.05, 0.1) is 0 Å². The van der Waals surface area contributed by atoms with Gasteiger partial charge in [-0.1, -0.05) is 34.1 Å². The molecule has 2 unspecified atom stereocenters. The number of nitrogens with two attached hydrogens (primary N) is 1. The van der Waals surface area contributed by atoms with Crippen LogP contribution >= 0.6 is 0 Å². The second-order valence-electron chi connectivity index (χ2n) is 7.58. The SMILES string of the molecule is CCC(C)(C(CCCC(C)(C)C)NN)N1CCCC1. The van der Waals surface area contributed by atoms with Crippen molar-refractivity contribution in [2.75, 3.05) is 13.1 Å².